The van der Waals surface area contributed by atoms with Crippen LogP contribution in [-0.2, 0) is 23.8 Å². The van der Waals surface area contributed by atoms with E-state index in [-0.39, 0.29) is 25.4 Å². The van der Waals surface area contributed by atoms with Crippen molar-refractivity contribution in [3.05, 3.63) is 35.9 Å². The number of rotatable bonds is 12. The number of benzene rings is 1. The van der Waals surface area contributed by atoms with Gasteiger partial charge in [-0.3, -0.25) is 14.4 Å². The van der Waals surface area contributed by atoms with Crippen molar-refractivity contribution in [2.75, 3.05) is 33.5 Å². The van der Waals surface area contributed by atoms with Crippen LogP contribution in [0.3, 0.4) is 0 Å². The van der Waals surface area contributed by atoms with E-state index in [0.717, 1.165) is 12.8 Å². The number of aliphatic carboxylic acids is 1. The van der Waals surface area contributed by atoms with Gasteiger partial charge >= 0.3 is 11.9 Å². The van der Waals surface area contributed by atoms with E-state index in [4.69, 9.17) is 14.2 Å². The fraction of sp³-hybridized carbons (Fsp3) is 0.571. The molecule has 1 atom stereocenters. The summed E-state index contributed by atoms with van der Waals surface area (Å²) in [6, 6.07) is 8.62. The first-order valence-corrected chi connectivity index (χ1v) is 9.53. The molecule has 1 aromatic rings. The number of ketones is 1. The second kappa shape index (κ2) is 10.9. The fourth-order valence-electron chi connectivity index (χ4n) is 3.59. The zero-order valence-electron chi connectivity index (χ0n) is 16.2. The minimum atomic E-state index is -1.00. The fourth-order valence-corrected chi connectivity index (χ4v) is 3.59. The van der Waals surface area contributed by atoms with Crippen LogP contribution >= 0.6 is 0 Å². The van der Waals surface area contributed by atoms with Crippen molar-refractivity contribution >= 4 is 17.7 Å². The Bertz CT molecular complexity index is 650. The third kappa shape index (κ3) is 6.14. The van der Waals surface area contributed by atoms with Gasteiger partial charge in [0, 0.05) is 12.7 Å². The number of carboxylic acid groups (broad SMARTS) is 1. The first-order valence-electron chi connectivity index (χ1n) is 9.53. The predicted octanol–water partition coefficient (Wildman–Crippen LogP) is 2.73. The topological polar surface area (TPSA) is 99.1 Å². The van der Waals surface area contributed by atoms with Gasteiger partial charge in [0.15, 0.2) is 12.4 Å². The highest BCUT2D eigenvalue weighted by Gasteiger charge is 2.45. The van der Waals surface area contributed by atoms with Gasteiger partial charge in [-0.1, -0.05) is 43.2 Å². The summed E-state index contributed by atoms with van der Waals surface area (Å²) < 4.78 is 15.6. The zero-order chi connectivity index (χ0) is 20.4. The molecule has 1 fully saturated rings. The number of carbonyl (C=O) groups excluding carboxylic acids is 2. The number of methoxy groups -OCH3 is 1. The quantitative estimate of drug-likeness (QED) is 0.332. The molecular weight excluding hydrogens is 364 g/mol. The summed E-state index contributed by atoms with van der Waals surface area (Å²) in [4.78, 5) is 36.7. The number of Topliss-reactive ketones (excluding diaryl/α,β-unsaturated/α-hetero) is 1. The van der Waals surface area contributed by atoms with Gasteiger partial charge in [0.25, 0.3) is 0 Å². The summed E-state index contributed by atoms with van der Waals surface area (Å²) in [7, 11) is 1.54. The molecular formula is C21H28O7. The van der Waals surface area contributed by atoms with Crippen LogP contribution in [0.1, 0.15) is 42.5 Å². The van der Waals surface area contributed by atoms with E-state index in [0.29, 0.717) is 31.6 Å². The molecule has 1 aliphatic carbocycles. The zero-order valence-corrected chi connectivity index (χ0v) is 16.2. The van der Waals surface area contributed by atoms with Gasteiger partial charge in [0.1, 0.15) is 0 Å². The van der Waals surface area contributed by atoms with Gasteiger partial charge in [0.05, 0.1) is 31.2 Å². The smallest absolute Gasteiger partial charge is 0.312 e. The van der Waals surface area contributed by atoms with Gasteiger partial charge in [-0.05, 0) is 19.3 Å². The molecule has 0 heterocycles. The lowest BCUT2D eigenvalue weighted by atomic mass is 9.77. The normalized spacial score (nSPS) is 16.5. The first-order chi connectivity index (χ1) is 13.5. The average Bonchev–Trinajstić information content (AvgIpc) is 3.18. The van der Waals surface area contributed by atoms with E-state index in [9.17, 15) is 19.5 Å². The van der Waals surface area contributed by atoms with Crippen molar-refractivity contribution in [1.82, 2.24) is 0 Å². The molecule has 2 rings (SSSR count). The summed E-state index contributed by atoms with van der Waals surface area (Å²) >= 11 is 0. The third-order valence-corrected chi connectivity index (χ3v) is 5.16. The van der Waals surface area contributed by atoms with Crippen molar-refractivity contribution in [2.24, 2.45) is 11.3 Å². The van der Waals surface area contributed by atoms with Gasteiger partial charge in [-0.2, -0.15) is 0 Å². The summed E-state index contributed by atoms with van der Waals surface area (Å²) in [6.45, 7) is 0.341. The van der Waals surface area contributed by atoms with E-state index >= 15 is 0 Å². The predicted molar refractivity (Wildman–Crippen MR) is 101 cm³/mol. The molecule has 1 aromatic carbocycles. The average molecular weight is 392 g/mol. The maximum atomic E-state index is 12.8. The van der Waals surface area contributed by atoms with Crippen molar-refractivity contribution in [1.29, 1.82) is 0 Å². The lowest BCUT2D eigenvalue weighted by Crippen LogP contribution is -2.37. The standard InChI is InChI=1S/C21H28O7/c1-26-11-12-27-14-17(19(23)24)13-21(9-5-6-10-21)20(25)28-15-18(22)16-7-3-2-4-8-16/h2-4,7-8,17H,5-6,9-15H2,1H3,(H,23,24)/t17-/m0/s1. The van der Waals surface area contributed by atoms with Crippen LogP contribution in [0.25, 0.3) is 0 Å². The van der Waals surface area contributed by atoms with Crippen molar-refractivity contribution in [3.63, 3.8) is 0 Å². The molecule has 0 aliphatic heterocycles. The van der Waals surface area contributed by atoms with E-state index < -0.39 is 23.3 Å². The number of carboxylic acids is 1. The lowest BCUT2D eigenvalue weighted by molar-refractivity contribution is -0.158. The molecule has 28 heavy (non-hydrogen) atoms. The Morgan fingerprint density at radius 3 is 2.39 bits per heavy atom. The Kier molecular flexibility index (Phi) is 8.60. The van der Waals surface area contributed by atoms with Crippen molar-refractivity contribution in [3.8, 4) is 0 Å². The van der Waals surface area contributed by atoms with Gasteiger partial charge in [0.2, 0.25) is 0 Å². The van der Waals surface area contributed by atoms with Gasteiger partial charge < -0.3 is 19.3 Å². The molecule has 0 saturated heterocycles. The minimum absolute atomic E-state index is 0.0106. The minimum Gasteiger partial charge on any atom is -0.481 e. The van der Waals surface area contributed by atoms with Gasteiger partial charge in [-0.15, -0.1) is 0 Å². The van der Waals surface area contributed by atoms with E-state index in [1.807, 2.05) is 0 Å². The highest BCUT2D eigenvalue weighted by molar-refractivity contribution is 5.98. The first kappa shape index (κ1) is 22.0. The van der Waals surface area contributed by atoms with Crippen molar-refractivity contribution in [2.45, 2.75) is 32.1 Å². The molecule has 0 bridgehead atoms. The molecule has 154 valence electrons. The molecule has 0 radical (unpaired) electrons. The lowest BCUT2D eigenvalue weighted by Gasteiger charge is -2.29. The monoisotopic (exact) mass is 392 g/mol. The van der Waals surface area contributed by atoms with Crippen LogP contribution in [0.2, 0.25) is 0 Å². The molecule has 1 saturated carbocycles. The molecule has 0 spiro atoms. The van der Waals surface area contributed by atoms with E-state index in [2.05, 4.69) is 0 Å². The SMILES string of the molecule is COCCOC[C@H](CC1(C(=O)OCC(=O)c2ccccc2)CCCC1)C(=O)O. The molecule has 1 N–H and O–H groups in total. The van der Waals surface area contributed by atoms with Crippen LogP contribution in [0.5, 0.6) is 0 Å². The second-order valence-corrected chi connectivity index (χ2v) is 7.16. The molecule has 0 aromatic heterocycles. The van der Waals surface area contributed by atoms with Crippen LogP contribution in [0.4, 0.5) is 0 Å². The Labute approximate surface area is 165 Å². The molecule has 1 aliphatic rings. The number of carbonyl (C=O) groups is 3. The van der Waals surface area contributed by atoms with Gasteiger partial charge in [-0.25, -0.2) is 0 Å². The maximum Gasteiger partial charge on any atom is 0.312 e. The van der Waals surface area contributed by atoms with Crippen molar-refractivity contribution < 1.29 is 33.7 Å². The highest BCUT2D eigenvalue weighted by atomic mass is 16.5. The molecule has 0 unspecified atom stereocenters. The van der Waals surface area contributed by atoms with E-state index in [1.54, 1.807) is 30.3 Å². The van der Waals surface area contributed by atoms with Crippen LogP contribution in [-0.4, -0.2) is 56.4 Å². The molecule has 7 nitrogen and oxygen atoms in total. The number of hydrogen-bond donors (Lipinski definition) is 1. The summed E-state index contributed by atoms with van der Waals surface area (Å²) in [5.74, 6) is -2.58. The number of esters is 1. The molecule has 7 heteroatoms. The highest BCUT2D eigenvalue weighted by Crippen LogP contribution is 2.44. The van der Waals surface area contributed by atoms with E-state index in [1.165, 1.54) is 7.11 Å². The van der Waals surface area contributed by atoms with Crippen LogP contribution < -0.4 is 0 Å². The second-order valence-electron chi connectivity index (χ2n) is 7.16. The summed E-state index contributed by atoms with van der Waals surface area (Å²) in [6.07, 6.45) is 2.94. The Morgan fingerprint density at radius 2 is 1.79 bits per heavy atom. The van der Waals surface area contributed by atoms with Crippen LogP contribution in [0, 0.1) is 11.3 Å². The Hall–Kier alpha value is -2.25. The third-order valence-electron chi connectivity index (χ3n) is 5.16. The Balaban J connectivity index is 1.97. The number of ether oxygens (including phenoxy) is 3. The Morgan fingerprint density at radius 1 is 1.11 bits per heavy atom. The summed E-state index contributed by atoms with van der Waals surface area (Å²) in [5, 5.41) is 9.54. The van der Waals surface area contributed by atoms with Crippen LogP contribution in [0.15, 0.2) is 30.3 Å². The summed E-state index contributed by atoms with van der Waals surface area (Å²) in [5.41, 5.74) is -0.393. The largest absolute Gasteiger partial charge is 0.481 e. The number of hydrogen-bond acceptors (Lipinski definition) is 6. The molecule has 0 amide bonds. The maximum absolute atomic E-state index is 12.8.